The van der Waals surface area contributed by atoms with E-state index in [0.717, 1.165) is 16.8 Å². The zero-order valence-corrected chi connectivity index (χ0v) is 17.8. The predicted octanol–water partition coefficient (Wildman–Crippen LogP) is 4.90. The minimum atomic E-state index is -0.531. The van der Waals surface area contributed by atoms with Crippen molar-refractivity contribution in [1.29, 1.82) is 0 Å². The third-order valence-corrected chi connectivity index (χ3v) is 5.75. The van der Waals surface area contributed by atoms with E-state index in [9.17, 15) is 9.18 Å². The van der Waals surface area contributed by atoms with Gasteiger partial charge < -0.3 is 5.32 Å². The fourth-order valence-corrected chi connectivity index (χ4v) is 3.93. The normalized spacial score (nSPS) is 11.8. The molecule has 1 unspecified atom stereocenters. The van der Waals surface area contributed by atoms with Gasteiger partial charge in [-0.2, -0.15) is 0 Å². The molecule has 8 heteroatoms. The van der Waals surface area contributed by atoms with Gasteiger partial charge in [0.25, 0.3) is 0 Å². The number of thioether (sulfide) groups is 1. The van der Waals surface area contributed by atoms with Crippen LogP contribution in [0.15, 0.2) is 78.2 Å². The molecule has 0 saturated heterocycles. The molecule has 1 N–H and O–H groups in total. The number of nitrogens with one attached hydrogen (secondary N) is 1. The fourth-order valence-electron chi connectivity index (χ4n) is 3.07. The molecule has 4 aromatic rings. The first-order valence-electron chi connectivity index (χ1n) is 9.68. The molecule has 2 heterocycles. The average Bonchev–Trinajstić information content (AvgIpc) is 3.19. The third-order valence-electron chi connectivity index (χ3n) is 4.71. The van der Waals surface area contributed by atoms with E-state index in [1.54, 1.807) is 31.5 Å². The highest BCUT2D eigenvalue weighted by molar-refractivity contribution is 8.00. The summed E-state index contributed by atoms with van der Waals surface area (Å²) < 4.78 is 15.8. The second-order valence-electron chi connectivity index (χ2n) is 6.89. The summed E-state index contributed by atoms with van der Waals surface area (Å²) in [5.41, 5.74) is 2.98. The SMILES string of the molecule is Cc1ccccc1-n1c(SC(C)C(=O)Nc2ccccc2F)nnc1-c1ccncc1. The second-order valence-corrected chi connectivity index (χ2v) is 8.20. The highest BCUT2D eigenvalue weighted by Gasteiger charge is 2.23. The molecule has 1 atom stereocenters. The molecule has 4 rings (SSSR count). The number of carbonyl (C=O) groups excluding carboxylic acids is 1. The number of rotatable bonds is 6. The van der Waals surface area contributed by atoms with E-state index in [0.29, 0.717) is 11.0 Å². The van der Waals surface area contributed by atoms with E-state index in [2.05, 4.69) is 20.5 Å². The number of hydrogen-bond donors (Lipinski definition) is 1. The van der Waals surface area contributed by atoms with E-state index in [4.69, 9.17) is 0 Å². The summed E-state index contributed by atoms with van der Waals surface area (Å²) >= 11 is 1.26. The maximum atomic E-state index is 13.9. The summed E-state index contributed by atoms with van der Waals surface area (Å²) in [6.45, 7) is 3.76. The molecular weight excluding hydrogens is 413 g/mol. The molecule has 0 aliphatic heterocycles. The van der Waals surface area contributed by atoms with Gasteiger partial charge in [0, 0.05) is 18.0 Å². The Morgan fingerprint density at radius 2 is 1.74 bits per heavy atom. The summed E-state index contributed by atoms with van der Waals surface area (Å²) in [4.78, 5) is 16.8. The van der Waals surface area contributed by atoms with Crippen LogP contribution in [0.5, 0.6) is 0 Å². The van der Waals surface area contributed by atoms with E-state index >= 15 is 0 Å². The lowest BCUT2D eigenvalue weighted by Gasteiger charge is -2.15. The fraction of sp³-hybridized carbons (Fsp3) is 0.130. The zero-order valence-electron chi connectivity index (χ0n) is 17.0. The molecule has 0 spiro atoms. The number of para-hydroxylation sites is 2. The molecule has 0 saturated carbocycles. The number of anilines is 1. The molecule has 156 valence electrons. The number of aromatic nitrogens is 4. The Kier molecular flexibility index (Phi) is 6.08. The average molecular weight is 434 g/mol. The summed E-state index contributed by atoms with van der Waals surface area (Å²) in [6.07, 6.45) is 3.40. The van der Waals surface area contributed by atoms with Gasteiger partial charge in [0.2, 0.25) is 5.91 Å². The van der Waals surface area contributed by atoms with Gasteiger partial charge in [0.1, 0.15) is 5.82 Å². The number of pyridine rings is 1. The first-order valence-corrected chi connectivity index (χ1v) is 10.6. The summed E-state index contributed by atoms with van der Waals surface area (Å²) in [6, 6.07) is 17.7. The second kappa shape index (κ2) is 9.09. The first kappa shape index (κ1) is 20.7. The lowest BCUT2D eigenvalue weighted by molar-refractivity contribution is -0.115. The number of hydrogen-bond acceptors (Lipinski definition) is 5. The van der Waals surface area contributed by atoms with Gasteiger partial charge in [0.05, 0.1) is 16.6 Å². The Morgan fingerprint density at radius 3 is 2.48 bits per heavy atom. The number of nitrogens with zero attached hydrogens (tertiary/aromatic N) is 4. The Bertz CT molecular complexity index is 1210. The maximum Gasteiger partial charge on any atom is 0.237 e. The van der Waals surface area contributed by atoms with Gasteiger partial charge in [-0.15, -0.1) is 10.2 Å². The Morgan fingerprint density at radius 1 is 1.03 bits per heavy atom. The van der Waals surface area contributed by atoms with Crippen LogP contribution in [0.1, 0.15) is 12.5 Å². The number of carbonyl (C=O) groups is 1. The topological polar surface area (TPSA) is 72.7 Å². The van der Waals surface area contributed by atoms with Gasteiger partial charge >= 0.3 is 0 Å². The van der Waals surface area contributed by atoms with Gasteiger partial charge in [-0.3, -0.25) is 14.3 Å². The largest absolute Gasteiger partial charge is 0.323 e. The van der Waals surface area contributed by atoms with Gasteiger partial charge in [-0.25, -0.2) is 4.39 Å². The number of aryl methyl sites for hydroxylation is 1. The maximum absolute atomic E-state index is 13.9. The lowest BCUT2D eigenvalue weighted by atomic mass is 10.2. The van der Waals surface area contributed by atoms with Crippen molar-refractivity contribution in [2.75, 3.05) is 5.32 Å². The van der Waals surface area contributed by atoms with Crippen LogP contribution in [-0.2, 0) is 4.79 Å². The van der Waals surface area contributed by atoms with E-state index in [1.807, 2.05) is 47.9 Å². The Labute approximate surface area is 183 Å². The first-order chi connectivity index (χ1) is 15.0. The van der Waals surface area contributed by atoms with Gasteiger partial charge in [0.15, 0.2) is 11.0 Å². The molecule has 0 fully saturated rings. The van der Waals surface area contributed by atoms with Crippen LogP contribution >= 0.6 is 11.8 Å². The molecule has 2 aromatic heterocycles. The molecule has 0 radical (unpaired) electrons. The summed E-state index contributed by atoms with van der Waals surface area (Å²) in [5.74, 6) is -0.142. The smallest absolute Gasteiger partial charge is 0.237 e. The molecule has 0 aliphatic carbocycles. The zero-order chi connectivity index (χ0) is 21.8. The van der Waals surface area contributed by atoms with E-state index in [1.165, 1.54) is 23.9 Å². The van der Waals surface area contributed by atoms with Crippen LogP contribution in [-0.4, -0.2) is 30.9 Å². The minimum absolute atomic E-state index is 0.151. The molecule has 0 bridgehead atoms. The van der Waals surface area contributed by atoms with E-state index < -0.39 is 11.1 Å². The number of halogens is 1. The van der Waals surface area contributed by atoms with Crippen molar-refractivity contribution in [3.8, 4) is 17.1 Å². The quantitative estimate of drug-likeness (QED) is 0.438. The van der Waals surface area contributed by atoms with E-state index in [-0.39, 0.29) is 11.6 Å². The van der Waals surface area contributed by atoms with Crippen molar-refractivity contribution < 1.29 is 9.18 Å². The third kappa shape index (κ3) is 4.49. The van der Waals surface area contributed by atoms with Crippen molar-refractivity contribution in [3.05, 3.63) is 84.4 Å². The summed E-state index contributed by atoms with van der Waals surface area (Å²) in [5, 5.41) is 11.4. The van der Waals surface area contributed by atoms with Crippen LogP contribution in [0, 0.1) is 12.7 Å². The monoisotopic (exact) mass is 433 g/mol. The highest BCUT2D eigenvalue weighted by Crippen LogP contribution is 2.31. The predicted molar refractivity (Wildman–Crippen MR) is 120 cm³/mol. The Hall–Kier alpha value is -3.52. The van der Waals surface area contributed by atoms with Crippen molar-refractivity contribution in [2.24, 2.45) is 0 Å². The van der Waals surface area contributed by atoms with Crippen LogP contribution in [0.25, 0.3) is 17.1 Å². The number of benzene rings is 2. The standard InChI is InChI=1S/C23H20FN5OS/c1-15-7-3-6-10-20(15)29-21(17-11-13-25-14-12-17)27-28-23(29)31-16(2)22(30)26-19-9-5-4-8-18(19)24/h3-14,16H,1-2H3,(H,26,30). The van der Waals surface area contributed by atoms with Gasteiger partial charge in [-0.1, -0.05) is 42.1 Å². The molecular formula is C23H20FN5OS. The van der Waals surface area contributed by atoms with Crippen LogP contribution in [0.2, 0.25) is 0 Å². The van der Waals surface area contributed by atoms with Crippen molar-refractivity contribution in [3.63, 3.8) is 0 Å². The van der Waals surface area contributed by atoms with Crippen molar-refractivity contribution in [2.45, 2.75) is 24.3 Å². The molecule has 6 nitrogen and oxygen atoms in total. The minimum Gasteiger partial charge on any atom is -0.323 e. The number of amides is 1. The van der Waals surface area contributed by atoms with Crippen molar-refractivity contribution in [1.82, 2.24) is 19.7 Å². The van der Waals surface area contributed by atoms with Crippen LogP contribution in [0.4, 0.5) is 10.1 Å². The summed E-state index contributed by atoms with van der Waals surface area (Å²) in [7, 11) is 0. The van der Waals surface area contributed by atoms with Gasteiger partial charge in [-0.05, 0) is 49.7 Å². The highest BCUT2D eigenvalue weighted by atomic mass is 32.2. The van der Waals surface area contributed by atoms with Crippen molar-refractivity contribution >= 4 is 23.4 Å². The molecule has 0 aliphatic rings. The lowest BCUT2D eigenvalue weighted by Crippen LogP contribution is -2.23. The van der Waals surface area contributed by atoms with Crippen LogP contribution in [0.3, 0.4) is 0 Å². The molecule has 31 heavy (non-hydrogen) atoms. The molecule has 2 aromatic carbocycles. The Balaban J connectivity index is 1.67. The van der Waals surface area contributed by atoms with Crippen LogP contribution < -0.4 is 5.32 Å². The molecule has 1 amide bonds.